The van der Waals surface area contributed by atoms with E-state index in [0.717, 1.165) is 19.3 Å². The van der Waals surface area contributed by atoms with E-state index in [2.05, 4.69) is 12.2 Å². The van der Waals surface area contributed by atoms with Gasteiger partial charge in [-0.2, -0.15) is 0 Å². The molecule has 2 atom stereocenters. The second kappa shape index (κ2) is 4.95. The van der Waals surface area contributed by atoms with Crippen LogP contribution in [0.2, 0.25) is 0 Å². The van der Waals surface area contributed by atoms with Gasteiger partial charge in [-0.1, -0.05) is 13.8 Å². The Labute approximate surface area is 127 Å². The van der Waals surface area contributed by atoms with Crippen LogP contribution < -0.4 is 5.32 Å². The molecule has 4 nitrogen and oxygen atoms in total. The van der Waals surface area contributed by atoms with Crippen molar-refractivity contribution >= 4 is 5.91 Å². The maximum Gasteiger partial charge on any atom is 0.226 e. The summed E-state index contributed by atoms with van der Waals surface area (Å²) in [5.74, 6) is 1.47. The second-order valence-electron chi connectivity index (χ2n) is 8.46. The Morgan fingerprint density at radius 3 is 2.19 bits per heavy atom. The first-order valence-corrected chi connectivity index (χ1v) is 8.43. The van der Waals surface area contributed by atoms with Crippen molar-refractivity contribution in [1.29, 1.82) is 0 Å². The Morgan fingerprint density at radius 2 is 1.76 bits per heavy atom. The van der Waals surface area contributed by atoms with Crippen molar-refractivity contribution in [2.45, 2.75) is 64.3 Å². The van der Waals surface area contributed by atoms with E-state index < -0.39 is 5.54 Å². The number of aliphatic hydroxyl groups excluding tert-OH is 2. The van der Waals surface area contributed by atoms with Crippen LogP contribution in [0.1, 0.15) is 58.8 Å². The average molecular weight is 295 g/mol. The van der Waals surface area contributed by atoms with E-state index in [1.165, 1.54) is 19.3 Å². The molecule has 4 aliphatic rings. The molecule has 3 N–H and O–H groups in total. The molecule has 0 saturated heterocycles. The third kappa shape index (κ3) is 2.40. The van der Waals surface area contributed by atoms with Gasteiger partial charge in [0.15, 0.2) is 0 Å². The minimum Gasteiger partial charge on any atom is -0.394 e. The van der Waals surface area contributed by atoms with E-state index in [1.54, 1.807) is 0 Å². The fourth-order valence-electron chi connectivity index (χ4n) is 5.80. The highest BCUT2D eigenvalue weighted by Gasteiger charge is 2.59. The highest BCUT2D eigenvalue weighted by molar-refractivity contribution is 5.84. The van der Waals surface area contributed by atoms with Gasteiger partial charge in [0.05, 0.1) is 24.2 Å². The van der Waals surface area contributed by atoms with Crippen molar-refractivity contribution in [2.75, 3.05) is 13.2 Å². The molecule has 120 valence electrons. The lowest BCUT2D eigenvalue weighted by molar-refractivity contribution is -0.158. The molecule has 4 rings (SSSR count). The maximum atomic E-state index is 13.0. The number of nitrogens with one attached hydrogen (secondary N) is 1. The fraction of sp³-hybridized carbons (Fsp3) is 0.941. The Kier molecular flexibility index (Phi) is 3.61. The molecule has 1 amide bonds. The molecule has 4 aliphatic carbocycles. The maximum absolute atomic E-state index is 13.0. The lowest BCUT2D eigenvalue weighted by Crippen LogP contribution is -2.62. The van der Waals surface area contributed by atoms with Gasteiger partial charge in [0.25, 0.3) is 0 Å². The van der Waals surface area contributed by atoms with Crippen molar-refractivity contribution < 1.29 is 15.0 Å². The van der Waals surface area contributed by atoms with Crippen molar-refractivity contribution in [1.82, 2.24) is 5.32 Å². The number of hydrogen-bond donors (Lipinski definition) is 3. The number of rotatable bonds is 5. The van der Waals surface area contributed by atoms with E-state index in [-0.39, 0.29) is 24.5 Å². The van der Waals surface area contributed by atoms with Gasteiger partial charge >= 0.3 is 0 Å². The topological polar surface area (TPSA) is 69.6 Å². The molecule has 0 aromatic heterocycles. The van der Waals surface area contributed by atoms with Crippen LogP contribution in [0, 0.1) is 22.7 Å². The quantitative estimate of drug-likeness (QED) is 0.725. The summed E-state index contributed by atoms with van der Waals surface area (Å²) in [4.78, 5) is 13.0. The molecule has 4 saturated carbocycles. The van der Waals surface area contributed by atoms with Crippen LogP contribution in [-0.4, -0.2) is 34.9 Å². The summed E-state index contributed by atoms with van der Waals surface area (Å²) in [6.45, 7) is 3.84. The normalized spacial score (nSPS) is 41.3. The highest BCUT2D eigenvalue weighted by Crippen LogP contribution is 2.65. The Balaban J connectivity index is 1.81. The van der Waals surface area contributed by atoms with Crippen molar-refractivity contribution in [3.8, 4) is 0 Å². The van der Waals surface area contributed by atoms with Crippen LogP contribution in [0.15, 0.2) is 0 Å². The van der Waals surface area contributed by atoms with Gasteiger partial charge in [-0.25, -0.2) is 0 Å². The minimum atomic E-state index is -0.860. The van der Waals surface area contributed by atoms with Crippen molar-refractivity contribution in [3.63, 3.8) is 0 Å². The molecular weight excluding hydrogens is 266 g/mol. The predicted molar refractivity (Wildman–Crippen MR) is 80.6 cm³/mol. The summed E-state index contributed by atoms with van der Waals surface area (Å²) in [6.07, 6.45) is 7.38. The van der Waals surface area contributed by atoms with E-state index in [9.17, 15) is 15.0 Å². The lowest BCUT2D eigenvalue weighted by atomic mass is 9.44. The van der Waals surface area contributed by atoms with Crippen LogP contribution in [0.25, 0.3) is 0 Å². The summed E-state index contributed by atoms with van der Waals surface area (Å²) in [7, 11) is 0. The molecule has 0 aliphatic heterocycles. The number of carbonyl (C=O) groups is 1. The first-order chi connectivity index (χ1) is 9.88. The Bertz CT molecular complexity index is 407. The van der Waals surface area contributed by atoms with Gasteiger partial charge in [-0.15, -0.1) is 0 Å². The van der Waals surface area contributed by atoms with Gasteiger partial charge in [0.2, 0.25) is 5.91 Å². The fourth-order valence-corrected chi connectivity index (χ4v) is 5.80. The standard InChI is InChI=1S/C17H29NO3/c1-3-17(10-19,11-20)18-14(21)16-7-12-4-13(8-16)6-15(2,5-12)9-16/h12-13,19-20H,3-11H2,1-2H3,(H,18,21). The lowest BCUT2D eigenvalue weighted by Gasteiger charge is -2.60. The number of carbonyl (C=O) groups excluding carboxylic acids is 1. The van der Waals surface area contributed by atoms with Crippen LogP contribution in [0.3, 0.4) is 0 Å². The SMILES string of the molecule is CCC(CO)(CO)NC(=O)C12CC3CC(CC(C)(C3)C1)C2. The van der Waals surface area contributed by atoms with Gasteiger partial charge in [0.1, 0.15) is 0 Å². The van der Waals surface area contributed by atoms with Crippen molar-refractivity contribution in [2.24, 2.45) is 22.7 Å². The zero-order chi connectivity index (χ0) is 15.3. The largest absolute Gasteiger partial charge is 0.394 e. The first kappa shape index (κ1) is 15.3. The molecular formula is C17H29NO3. The summed E-state index contributed by atoms with van der Waals surface area (Å²) in [6, 6.07) is 0. The Morgan fingerprint density at radius 1 is 1.19 bits per heavy atom. The number of aliphatic hydroxyl groups is 2. The summed E-state index contributed by atoms with van der Waals surface area (Å²) >= 11 is 0. The average Bonchev–Trinajstić information content (AvgIpc) is 2.42. The molecule has 4 bridgehead atoms. The highest BCUT2D eigenvalue weighted by atomic mass is 16.3. The van der Waals surface area contributed by atoms with Gasteiger partial charge < -0.3 is 15.5 Å². The first-order valence-electron chi connectivity index (χ1n) is 8.43. The van der Waals surface area contributed by atoms with Crippen LogP contribution in [0.4, 0.5) is 0 Å². The predicted octanol–water partition coefficient (Wildman–Crippen LogP) is 1.84. The Hall–Kier alpha value is -0.610. The van der Waals surface area contributed by atoms with Crippen molar-refractivity contribution in [3.05, 3.63) is 0 Å². The number of hydrogen-bond acceptors (Lipinski definition) is 3. The van der Waals surface area contributed by atoms with Gasteiger partial charge in [0, 0.05) is 0 Å². The molecule has 0 aromatic rings. The van der Waals surface area contributed by atoms with E-state index in [1.807, 2.05) is 6.92 Å². The third-order valence-electron chi connectivity index (χ3n) is 6.50. The zero-order valence-corrected chi connectivity index (χ0v) is 13.3. The smallest absolute Gasteiger partial charge is 0.226 e. The summed E-state index contributed by atoms with van der Waals surface area (Å²) in [5, 5.41) is 22.2. The van der Waals surface area contributed by atoms with Crippen LogP contribution in [0.5, 0.6) is 0 Å². The van der Waals surface area contributed by atoms with E-state index in [4.69, 9.17) is 0 Å². The second-order valence-corrected chi connectivity index (χ2v) is 8.46. The van der Waals surface area contributed by atoms with Gasteiger partial charge in [-0.3, -0.25) is 4.79 Å². The monoisotopic (exact) mass is 295 g/mol. The molecule has 0 aromatic carbocycles. The zero-order valence-electron chi connectivity index (χ0n) is 13.3. The van der Waals surface area contributed by atoms with Crippen LogP contribution >= 0.6 is 0 Å². The summed E-state index contributed by atoms with van der Waals surface area (Å²) < 4.78 is 0. The van der Waals surface area contributed by atoms with E-state index in [0.29, 0.717) is 23.7 Å². The minimum absolute atomic E-state index is 0.0766. The van der Waals surface area contributed by atoms with E-state index >= 15 is 0 Å². The molecule has 2 unspecified atom stereocenters. The summed E-state index contributed by atoms with van der Waals surface area (Å²) in [5.41, 5.74) is -0.778. The number of amides is 1. The molecule has 0 spiro atoms. The van der Waals surface area contributed by atoms with Crippen LogP contribution in [-0.2, 0) is 4.79 Å². The third-order valence-corrected chi connectivity index (χ3v) is 6.50. The molecule has 21 heavy (non-hydrogen) atoms. The molecule has 4 heteroatoms. The van der Waals surface area contributed by atoms with Gasteiger partial charge in [-0.05, 0) is 62.2 Å². The molecule has 0 radical (unpaired) electrons. The molecule has 4 fully saturated rings. The molecule has 0 heterocycles.